The van der Waals surface area contributed by atoms with Gasteiger partial charge in [0.2, 0.25) is 5.91 Å². The lowest BCUT2D eigenvalue weighted by molar-refractivity contribution is -0.122. The van der Waals surface area contributed by atoms with E-state index in [0.29, 0.717) is 13.1 Å². The normalized spacial score (nSPS) is 12.2. The minimum atomic E-state index is -0.227. The number of amides is 1. The summed E-state index contributed by atoms with van der Waals surface area (Å²) >= 11 is 0. The molecule has 0 bridgehead atoms. The molecule has 1 heterocycles. The van der Waals surface area contributed by atoms with Crippen molar-refractivity contribution in [1.29, 1.82) is 0 Å². The van der Waals surface area contributed by atoms with E-state index < -0.39 is 0 Å². The van der Waals surface area contributed by atoms with Crippen molar-refractivity contribution in [3.8, 4) is 0 Å². The minimum absolute atomic E-state index is 0.0218. The standard InChI is InChI=1S/C12H20N4O/c1-5-6-13-12(17)10(3)14-7-11-8-16(4)15-9(11)2/h5,8,10,14H,1,6-7H2,2-4H3,(H,13,17). The van der Waals surface area contributed by atoms with Gasteiger partial charge in [-0.15, -0.1) is 6.58 Å². The van der Waals surface area contributed by atoms with Crippen LogP contribution in [0.4, 0.5) is 0 Å². The third-order valence-corrected chi connectivity index (χ3v) is 2.53. The molecule has 1 aromatic heterocycles. The molecule has 0 fully saturated rings. The maximum Gasteiger partial charge on any atom is 0.237 e. The molecule has 0 radical (unpaired) electrons. The van der Waals surface area contributed by atoms with Crippen LogP contribution in [0.5, 0.6) is 0 Å². The van der Waals surface area contributed by atoms with Crippen LogP contribution in [-0.2, 0) is 18.4 Å². The number of hydrogen-bond acceptors (Lipinski definition) is 3. The van der Waals surface area contributed by atoms with Crippen molar-refractivity contribution in [2.24, 2.45) is 7.05 Å². The van der Waals surface area contributed by atoms with E-state index in [9.17, 15) is 4.79 Å². The highest BCUT2D eigenvalue weighted by molar-refractivity contribution is 5.81. The lowest BCUT2D eigenvalue weighted by atomic mass is 10.2. The summed E-state index contributed by atoms with van der Waals surface area (Å²) in [4.78, 5) is 11.6. The number of hydrogen-bond donors (Lipinski definition) is 2. The van der Waals surface area contributed by atoms with Gasteiger partial charge in [0.25, 0.3) is 0 Å². The maximum absolute atomic E-state index is 11.6. The number of aryl methyl sites for hydroxylation is 2. The van der Waals surface area contributed by atoms with Crippen LogP contribution in [0.2, 0.25) is 0 Å². The van der Waals surface area contributed by atoms with Crippen LogP contribution >= 0.6 is 0 Å². The third-order valence-electron chi connectivity index (χ3n) is 2.53. The quantitative estimate of drug-likeness (QED) is 0.708. The lowest BCUT2D eigenvalue weighted by Gasteiger charge is -2.12. The molecule has 5 heteroatoms. The molecule has 0 saturated heterocycles. The maximum atomic E-state index is 11.6. The van der Waals surface area contributed by atoms with Crippen molar-refractivity contribution in [1.82, 2.24) is 20.4 Å². The Balaban J connectivity index is 2.42. The Hall–Kier alpha value is -1.62. The SMILES string of the molecule is C=CCNC(=O)C(C)NCc1cn(C)nc1C. The Kier molecular flexibility index (Phi) is 4.90. The molecule has 1 aromatic rings. The number of carbonyl (C=O) groups excluding carboxylic acids is 1. The van der Waals surface area contributed by atoms with E-state index in [1.807, 2.05) is 27.1 Å². The number of carbonyl (C=O) groups is 1. The van der Waals surface area contributed by atoms with Gasteiger partial charge in [-0.3, -0.25) is 9.48 Å². The third kappa shape index (κ3) is 4.03. The summed E-state index contributed by atoms with van der Waals surface area (Å²) < 4.78 is 1.77. The van der Waals surface area contributed by atoms with Crippen molar-refractivity contribution in [2.45, 2.75) is 26.4 Å². The van der Waals surface area contributed by atoms with Gasteiger partial charge in [0.15, 0.2) is 0 Å². The van der Waals surface area contributed by atoms with Gasteiger partial charge < -0.3 is 10.6 Å². The fourth-order valence-corrected chi connectivity index (χ4v) is 1.50. The fraction of sp³-hybridized carbons (Fsp3) is 0.500. The van der Waals surface area contributed by atoms with Crippen molar-refractivity contribution in [2.75, 3.05) is 6.54 Å². The van der Waals surface area contributed by atoms with Crippen molar-refractivity contribution < 1.29 is 4.79 Å². The molecule has 0 spiro atoms. The molecule has 1 rings (SSSR count). The molecular weight excluding hydrogens is 216 g/mol. The van der Waals surface area contributed by atoms with Gasteiger partial charge in [0, 0.05) is 31.9 Å². The lowest BCUT2D eigenvalue weighted by Crippen LogP contribution is -2.41. The first-order chi connectivity index (χ1) is 8.04. The first kappa shape index (κ1) is 13.4. The van der Waals surface area contributed by atoms with E-state index in [2.05, 4.69) is 22.3 Å². The molecule has 2 N–H and O–H groups in total. The first-order valence-corrected chi connectivity index (χ1v) is 5.65. The molecule has 17 heavy (non-hydrogen) atoms. The molecule has 94 valence electrons. The molecule has 1 atom stereocenters. The Morgan fingerprint density at radius 1 is 1.71 bits per heavy atom. The van der Waals surface area contributed by atoms with Crippen LogP contribution in [-0.4, -0.2) is 28.3 Å². The average Bonchev–Trinajstić information content (AvgIpc) is 2.61. The van der Waals surface area contributed by atoms with Crippen LogP contribution in [0, 0.1) is 6.92 Å². The molecular formula is C12H20N4O. The summed E-state index contributed by atoms with van der Waals surface area (Å²) in [5.41, 5.74) is 2.09. The zero-order chi connectivity index (χ0) is 12.8. The van der Waals surface area contributed by atoms with Crippen molar-refractivity contribution in [3.05, 3.63) is 30.1 Å². The van der Waals surface area contributed by atoms with Gasteiger partial charge in [-0.1, -0.05) is 6.08 Å². The highest BCUT2D eigenvalue weighted by Crippen LogP contribution is 2.04. The summed E-state index contributed by atoms with van der Waals surface area (Å²) in [7, 11) is 1.89. The molecule has 5 nitrogen and oxygen atoms in total. The Labute approximate surface area is 102 Å². The minimum Gasteiger partial charge on any atom is -0.351 e. The van der Waals surface area contributed by atoms with Gasteiger partial charge in [0.1, 0.15) is 0 Å². The van der Waals surface area contributed by atoms with Crippen molar-refractivity contribution >= 4 is 5.91 Å². The van der Waals surface area contributed by atoms with E-state index in [0.717, 1.165) is 11.3 Å². The van der Waals surface area contributed by atoms with Gasteiger partial charge >= 0.3 is 0 Å². The summed E-state index contributed by atoms with van der Waals surface area (Å²) in [6.07, 6.45) is 3.62. The molecule has 0 aliphatic carbocycles. The number of nitrogens with one attached hydrogen (secondary N) is 2. The second-order valence-electron chi connectivity index (χ2n) is 4.05. The zero-order valence-electron chi connectivity index (χ0n) is 10.7. The smallest absolute Gasteiger partial charge is 0.237 e. The second-order valence-corrected chi connectivity index (χ2v) is 4.05. The van der Waals surface area contributed by atoms with E-state index in [1.54, 1.807) is 10.8 Å². The zero-order valence-corrected chi connectivity index (χ0v) is 10.7. The topological polar surface area (TPSA) is 59.0 Å². The molecule has 1 amide bonds. The largest absolute Gasteiger partial charge is 0.351 e. The number of aromatic nitrogens is 2. The Morgan fingerprint density at radius 3 is 2.94 bits per heavy atom. The van der Waals surface area contributed by atoms with Gasteiger partial charge in [-0.25, -0.2) is 0 Å². The predicted molar refractivity (Wildman–Crippen MR) is 67.5 cm³/mol. The Bertz CT molecular complexity index is 397. The van der Waals surface area contributed by atoms with Crippen LogP contribution in [0.1, 0.15) is 18.2 Å². The van der Waals surface area contributed by atoms with Crippen molar-refractivity contribution in [3.63, 3.8) is 0 Å². The summed E-state index contributed by atoms with van der Waals surface area (Å²) in [6, 6.07) is -0.227. The average molecular weight is 236 g/mol. The Morgan fingerprint density at radius 2 is 2.41 bits per heavy atom. The monoisotopic (exact) mass is 236 g/mol. The molecule has 0 aromatic carbocycles. The molecule has 0 aliphatic heterocycles. The van der Waals surface area contributed by atoms with Gasteiger partial charge in [-0.2, -0.15) is 5.10 Å². The van der Waals surface area contributed by atoms with Gasteiger partial charge in [0.05, 0.1) is 11.7 Å². The summed E-state index contributed by atoms with van der Waals surface area (Å²) in [5.74, 6) is -0.0218. The van der Waals surface area contributed by atoms with Crippen LogP contribution in [0.3, 0.4) is 0 Å². The number of rotatable bonds is 6. The van der Waals surface area contributed by atoms with E-state index in [1.165, 1.54) is 0 Å². The molecule has 0 aliphatic rings. The highest BCUT2D eigenvalue weighted by Gasteiger charge is 2.12. The summed E-state index contributed by atoms with van der Waals surface area (Å²) in [6.45, 7) is 8.49. The van der Waals surface area contributed by atoms with Gasteiger partial charge in [-0.05, 0) is 13.8 Å². The van der Waals surface area contributed by atoms with Crippen LogP contribution in [0.15, 0.2) is 18.9 Å². The fourth-order valence-electron chi connectivity index (χ4n) is 1.50. The van der Waals surface area contributed by atoms with E-state index in [-0.39, 0.29) is 11.9 Å². The number of nitrogens with zero attached hydrogens (tertiary/aromatic N) is 2. The van der Waals surface area contributed by atoms with Crippen LogP contribution < -0.4 is 10.6 Å². The van der Waals surface area contributed by atoms with Crippen LogP contribution in [0.25, 0.3) is 0 Å². The first-order valence-electron chi connectivity index (χ1n) is 5.65. The predicted octanol–water partition coefficient (Wildman–Crippen LogP) is 0.509. The van der Waals surface area contributed by atoms with E-state index in [4.69, 9.17) is 0 Å². The summed E-state index contributed by atoms with van der Waals surface area (Å²) in [5, 5.41) is 10.2. The molecule has 1 unspecified atom stereocenters. The van der Waals surface area contributed by atoms with E-state index >= 15 is 0 Å². The molecule has 0 saturated carbocycles. The second kappa shape index (κ2) is 6.20. The highest BCUT2D eigenvalue weighted by atomic mass is 16.2.